The van der Waals surface area contributed by atoms with Crippen LogP contribution >= 0.6 is 43.2 Å². The Bertz CT molecular complexity index is 422. The van der Waals surface area contributed by atoms with Crippen molar-refractivity contribution in [1.82, 2.24) is 5.32 Å². The molecule has 1 fully saturated rings. The van der Waals surface area contributed by atoms with Crippen molar-refractivity contribution >= 4 is 49.1 Å². The Morgan fingerprint density at radius 1 is 1.41 bits per heavy atom. The lowest BCUT2D eigenvalue weighted by Gasteiger charge is -2.28. The predicted octanol–water partition coefficient (Wildman–Crippen LogP) is 3.31. The molecule has 0 bridgehead atoms. The molecule has 0 radical (unpaired) electrons. The lowest BCUT2D eigenvalue weighted by Crippen LogP contribution is -2.45. The molecule has 1 aliphatic carbocycles. The molecule has 1 saturated carbocycles. The second-order valence-electron chi connectivity index (χ2n) is 4.17. The zero-order chi connectivity index (χ0) is 12.4. The van der Waals surface area contributed by atoms with E-state index in [1.54, 1.807) is 6.07 Å². The molecular formula is C11H13Br2NO2S. The summed E-state index contributed by atoms with van der Waals surface area (Å²) in [6.45, 7) is 0. The number of hydrogen-bond donors (Lipinski definition) is 2. The number of amides is 1. The maximum atomic E-state index is 12.0. The number of aliphatic hydroxyl groups excluding tert-OH is 1. The number of hydrogen-bond acceptors (Lipinski definition) is 3. The standard InChI is InChI=1S/C11H13Br2NO2S/c12-9-5-6(10(13)17-9)11(16)14-7-3-1-2-4-8(7)15/h5,7-8,15H,1-4H2,(H,14,16). The van der Waals surface area contributed by atoms with Gasteiger partial charge in [-0.2, -0.15) is 0 Å². The van der Waals surface area contributed by atoms with Crippen LogP contribution in [0.15, 0.2) is 13.6 Å². The average Bonchev–Trinajstić information content (AvgIpc) is 2.61. The number of halogens is 2. The van der Waals surface area contributed by atoms with Crippen molar-refractivity contribution in [3.8, 4) is 0 Å². The van der Waals surface area contributed by atoms with Crippen molar-refractivity contribution in [2.75, 3.05) is 0 Å². The number of carbonyl (C=O) groups excluding carboxylic acids is 1. The molecule has 1 aromatic heterocycles. The van der Waals surface area contributed by atoms with Gasteiger partial charge >= 0.3 is 0 Å². The van der Waals surface area contributed by atoms with E-state index in [9.17, 15) is 9.90 Å². The Balaban J connectivity index is 2.03. The summed E-state index contributed by atoms with van der Waals surface area (Å²) >= 11 is 8.18. The lowest BCUT2D eigenvalue weighted by molar-refractivity contribution is 0.0717. The molecule has 2 rings (SSSR count). The number of thiophene rings is 1. The maximum absolute atomic E-state index is 12.0. The summed E-state index contributed by atoms with van der Waals surface area (Å²) in [6.07, 6.45) is 3.33. The largest absolute Gasteiger partial charge is 0.391 e. The van der Waals surface area contributed by atoms with Gasteiger partial charge in [0.2, 0.25) is 0 Å². The molecule has 2 N–H and O–H groups in total. The van der Waals surface area contributed by atoms with Crippen LogP contribution in [0.2, 0.25) is 0 Å². The Labute approximate surface area is 121 Å². The summed E-state index contributed by atoms with van der Waals surface area (Å²) in [6, 6.07) is 1.68. The maximum Gasteiger partial charge on any atom is 0.253 e. The normalized spacial score (nSPS) is 24.6. The van der Waals surface area contributed by atoms with E-state index in [1.165, 1.54) is 11.3 Å². The SMILES string of the molecule is O=C(NC1CCCCC1O)c1cc(Br)sc1Br. The van der Waals surface area contributed by atoms with E-state index in [2.05, 4.69) is 37.2 Å². The molecule has 0 spiro atoms. The molecule has 0 saturated heterocycles. The predicted molar refractivity (Wildman–Crippen MR) is 75.4 cm³/mol. The van der Waals surface area contributed by atoms with Crippen LogP contribution in [0.5, 0.6) is 0 Å². The number of carbonyl (C=O) groups is 1. The monoisotopic (exact) mass is 381 g/mol. The topological polar surface area (TPSA) is 49.3 Å². The summed E-state index contributed by atoms with van der Waals surface area (Å²) in [5.41, 5.74) is 0.625. The molecule has 17 heavy (non-hydrogen) atoms. The Morgan fingerprint density at radius 3 is 2.71 bits per heavy atom. The third-order valence-electron chi connectivity index (χ3n) is 2.95. The van der Waals surface area contributed by atoms with Crippen LogP contribution in [0, 0.1) is 0 Å². The van der Waals surface area contributed by atoms with Crippen molar-refractivity contribution in [2.45, 2.75) is 37.8 Å². The van der Waals surface area contributed by atoms with E-state index in [0.717, 1.165) is 33.3 Å². The second-order valence-corrected chi connectivity index (χ2v) is 7.92. The first-order chi connectivity index (χ1) is 8.08. The van der Waals surface area contributed by atoms with E-state index < -0.39 is 6.10 Å². The van der Waals surface area contributed by atoms with Gasteiger partial charge in [-0.05, 0) is 50.8 Å². The second kappa shape index (κ2) is 5.82. The fourth-order valence-electron chi connectivity index (χ4n) is 2.02. The van der Waals surface area contributed by atoms with Crippen molar-refractivity contribution in [2.24, 2.45) is 0 Å². The van der Waals surface area contributed by atoms with Crippen LogP contribution in [-0.4, -0.2) is 23.2 Å². The third-order valence-corrected chi connectivity index (χ3v) is 5.29. The molecule has 6 heteroatoms. The van der Waals surface area contributed by atoms with Crippen molar-refractivity contribution in [3.63, 3.8) is 0 Å². The molecule has 1 heterocycles. The van der Waals surface area contributed by atoms with Gasteiger partial charge in [0.25, 0.3) is 5.91 Å². The quantitative estimate of drug-likeness (QED) is 0.824. The number of aliphatic hydroxyl groups is 1. The summed E-state index contributed by atoms with van der Waals surface area (Å²) < 4.78 is 1.73. The van der Waals surface area contributed by atoms with Crippen LogP contribution in [0.1, 0.15) is 36.0 Å². The fraction of sp³-hybridized carbons (Fsp3) is 0.545. The molecule has 0 aliphatic heterocycles. The first kappa shape index (κ1) is 13.5. The third kappa shape index (κ3) is 3.30. The Kier molecular flexibility index (Phi) is 4.63. The van der Waals surface area contributed by atoms with E-state index in [0.29, 0.717) is 5.56 Å². The Hall–Kier alpha value is 0.0900. The first-order valence-electron chi connectivity index (χ1n) is 5.51. The van der Waals surface area contributed by atoms with Gasteiger partial charge in [0.1, 0.15) is 0 Å². The van der Waals surface area contributed by atoms with Gasteiger partial charge in [0.15, 0.2) is 0 Å². The highest BCUT2D eigenvalue weighted by molar-refractivity contribution is 9.12. The zero-order valence-corrected chi connectivity index (χ0v) is 13.1. The molecule has 0 aromatic carbocycles. The smallest absolute Gasteiger partial charge is 0.253 e. The van der Waals surface area contributed by atoms with Crippen LogP contribution < -0.4 is 5.32 Å². The van der Waals surface area contributed by atoms with Gasteiger partial charge in [-0.15, -0.1) is 11.3 Å². The molecule has 2 atom stereocenters. The van der Waals surface area contributed by atoms with Crippen molar-refractivity contribution in [1.29, 1.82) is 0 Å². The number of rotatable bonds is 2. The number of nitrogens with one attached hydrogen (secondary N) is 1. The molecular weight excluding hydrogens is 370 g/mol. The van der Waals surface area contributed by atoms with Gasteiger partial charge in [0.05, 0.1) is 25.3 Å². The highest BCUT2D eigenvalue weighted by Gasteiger charge is 2.25. The molecule has 94 valence electrons. The summed E-state index contributed by atoms with van der Waals surface area (Å²) in [4.78, 5) is 12.0. The minimum atomic E-state index is -0.409. The minimum Gasteiger partial charge on any atom is -0.391 e. The average molecular weight is 383 g/mol. The first-order valence-corrected chi connectivity index (χ1v) is 7.92. The van der Waals surface area contributed by atoms with Gasteiger partial charge in [0, 0.05) is 0 Å². The van der Waals surface area contributed by atoms with Crippen LogP contribution in [0.4, 0.5) is 0 Å². The van der Waals surface area contributed by atoms with Gasteiger partial charge in [-0.25, -0.2) is 0 Å². The van der Waals surface area contributed by atoms with Crippen molar-refractivity contribution in [3.05, 3.63) is 19.2 Å². The van der Waals surface area contributed by atoms with Gasteiger partial charge in [-0.3, -0.25) is 4.79 Å². The van der Waals surface area contributed by atoms with E-state index >= 15 is 0 Å². The molecule has 3 nitrogen and oxygen atoms in total. The van der Waals surface area contributed by atoms with Crippen LogP contribution in [0.3, 0.4) is 0 Å². The molecule has 1 aliphatic rings. The summed E-state index contributed by atoms with van der Waals surface area (Å²) in [5.74, 6) is -0.121. The zero-order valence-electron chi connectivity index (χ0n) is 9.08. The van der Waals surface area contributed by atoms with E-state index in [-0.39, 0.29) is 11.9 Å². The highest BCUT2D eigenvalue weighted by atomic mass is 79.9. The Morgan fingerprint density at radius 2 is 2.12 bits per heavy atom. The molecule has 2 unspecified atom stereocenters. The lowest BCUT2D eigenvalue weighted by atomic mass is 9.92. The fourth-order valence-corrected chi connectivity index (χ4v) is 4.81. The van der Waals surface area contributed by atoms with Crippen molar-refractivity contribution < 1.29 is 9.90 Å². The van der Waals surface area contributed by atoms with Gasteiger partial charge in [-0.1, -0.05) is 12.8 Å². The summed E-state index contributed by atoms with van der Waals surface area (Å²) in [5, 5.41) is 12.7. The minimum absolute atomic E-state index is 0.109. The van der Waals surface area contributed by atoms with Crippen LogP contribution in [0.25, 0.3) is 0 Å². The van der Waals surface area contributed by atoms with Gasteiger partial charge < -0.3 is 10.4 Å². The van der Waals surface area contributed by atoms with Crippen LogP contribution in [-0.2, 0) is 0 Å². The van der Waals surface area contributed by atoms with E-state index in [4.69, 9.17) is 0 Å². The summed E-state index contributed by atoms with van der Waals surface area (Å²) in [7, 11) is 0. The molecule has 1 aromatic rings. The highest BCUT2D eigenvalue weighted by Crippen LogP contribution is 2.32. The van der Waals surface area contributed by atoms with E-state index in [1.807, 2.05) is 0 Å². The molecule has 1 amide bonds.